The van der Waals surface area contributed by atoms with Crippen molar-refractivity contribution in [2.24, 2.45) is 22.4 Å². The topological polar surface area (TPSA) is 55.7 Å². The van der Waals surface area contributed by atoms with Crippen LogP contribution >= 0.6 is 11.6 Å². The fourth-order valence-electron chi connectivity index (χ4n) is 3.98. The standard InChI is InChI=1S/C20H22ClNO3.C2H6/c1-10-8-13(17(23)14-9-22-25-18(14)11-4-5-11)16(21)15-12(10)6-7-20(2,3)19(15)24;1-2/h8-9,11,14,18H,4-7H2,1-3H3;1-2H3. The molecule has 2 unspecified atom stereocenters. The van der Waals surface area contributed by atoms with E-state index in [-0.39, 0.29) is 17.7 Å². The number of carbonyl (C=O) groups is 2. The Morgan fingerprint density at radius 1 is 1.30 bits per heavy atom. The fraction of sp³-hybridized carbons (Fsp3) is 0.591. The summed E-state index contributed by atoms with van der Waals surface area (Å²) in [6, 6.07) is 1.84. The number of halogens is 1. The Balaban J connectivity index is 0.00000102. The second-order valence-electron chi connectivity index (χ2n) is 8.17. The maximum atomic E-state index is 13.1. The van der Waals surface area contributed by atoms with Crippen molar-refractivity contribution in [1.29, 1.82) is 0 Å². The molecule has 3 aliphatic rings. The molecule has 2 atom stereocenters. The van der Waals surface area contributed by atoms with E-state index in [2.05, 4.69) is 5.16 Å². The van der Waals surface area contributed by atoms with Crippen LogP contribution in [0.3, 0.4) is 0 Å². The Hall–Kier alpha value is -1.68. The predicted molar refractivity (Wildman–Crippen MR) is 108 cm³/mol. The molecule has 0 amide bonds. The van der Waals surface area contributed by atoms with Crippen LogP contribution in [-0.2, 0) is 11.3 Å². The lowest BCUT2D eigenvalue weighted by Gasteiger charge is -2.32. The van der Waals surface area contributed by atoms with Crippen LogP contribution in [0.4, 0.5) is 0 Å². The summed E-state index contributed by atoms with van der Waals surface area (Å²) >= 11 is 6.61. The van der Waals surface area contributed by atoms with Crippen molar-refractivity contribution in [2.45, 2.75) is 66.4 Å². The van der Waals surface area contributed by atoms with Crippen molar-refractivity contribution in [3.05, 3.63) is 33.3 Å². The van der Waals surface area contributed by atoms with Crippen LogP contribution in [0.1, 0.15) is 78.8 Å². The summed E-state index contributed by atoms with van der Waals surface area (Å²) < 4.78 is 0. The van der Waals surface area contributed by atoms with Gasteiger partial charge in [0.1, 0.15) is 12.0 Å². The van der Waals surface area contributed by atoms with E-state index in [1.165, 1.54) is 0 Å². The van der Waals surface area contributed by atoms with Crippen LogP contribution in [0.25, 0.3) is 0 Å². The van der Waals surface area contributed by atoms with Crippen molar-refractivity contribution >= 4 is 29.4 Å². The molecule has 0 saturated heterocycles. The van der Waals surface area contributed by atoms with Gasteiger partial charge >= 0.3 is 0 Å². The van der Waals surface area contributed by atoms with Gasteiger partial charge in [-0.25, -0.2) is 0 Å². The molecule has 0 bridgehead atoms. The van der Waals surface area contributed by atoms with E-state index in [9.17, 15) is 9.59 Å². The smallest absolute Gasteiger partial charge is 0.176 e. The zero-order valence-corrected chi connectivity index (χ0v) is 17.5. The number of fused-ring (bicyclic) bond motifs is 1. The number of hydrogen-bond donors (Lipinski definition) is 0. The Labute approximate surface area is 166 Å². The molecule has 0 radical (unpaired) electrons. The normalized spacial score (nSPS) is 25.3. The molecule has 1 aliphatic heterocycles. The summed E-state index contributed by atoms with van der Waals surface area (Å²) in [6.07, 6.45) is 5.15. The number of nitrogens with zero attached hydrogens (tertiary/aromatic N) is 1. The van der Waals surface area contributed by atoms with Crippen molar-refractivity contribution in [3.8, 4) is 0 Å². The third kappa shape index (κ3) is 3.44. The van der Waals surface area contributed by atoms with Gasteiger partial charge in [0, 0.05) is 16.5 Å². The van der Waals surface area contributed by atoms with Gasteiger partial charge in [0.15, 0.2) is 11.6 Å². The molecule has 0 spiro atoms. The summed E-state index contributed by atoms with van der Waals surface area (Å²) in [5.74, 6) is -0.0690. The van der Waals surface area contributed by atoms with Gasteiger partial charge in [-0.1, -0.05) is 44.5 Å². The fourth-order valence-corrected chi connectivity index (χ4v) is 4.33. The summed E-state index contributed by atoms with van der Waals surface area (Å²) in [4.78, 5) is 31.5. The second-order valence-corrected chi connectivity index (χ2v) is 8.55. The van der Waals surface area contributed by atoms with Crippen molar-refractivity contribution in [1.82, 2.24) is 0 Å². The summed E-state index contributed by atoms with van der Waals surface area (Å²) in [7, 11) is 0. The van der Waals surface area contributed by atoms with Gasteiger partial charge in [0.05, 0.1) is 11.2 Å². The van der Waals surface area contributed by atoms with Crippen molar-refractivity contribution in [3.63, 3.8) is 0 Å². The first-order valence-corrected chi connectivity index (χ1v) is 10.3. The van der Waals surface area contributed by atoms with E-state index in [4.69, 9.17) is 16.4 Å². The van der Waals surface area contributed by atoms with Crippen LogP contribution < -0.4 is 0 Å². The van der Waals surface area contributed by atoms with Gasteiger partial charge in [0.25, 0.3) is 0 Å². The number of oxime groups is 1. The third-order valence-electron chi connectivity index (χ3n) is 5.85. The number of Topliss-reactive ketones (excluding diaryl/α,β-unsaturated/α-hetero) is 2. The third-order valence-corrected chi connectivity index (χ3v) is 6.24. The van der Waals surface area contributed by atoms with Crippen LogP contribution in [0, 0.1) is 24.2 Å². The molecule has 27 heavy (non-hydrogen) atoms. The highest BCUT2D eigenvalue weighted by molar-refractivity contribution is 6.38. The van der Waals surface area contributed by atoms with Crippen molar-refractivity contribution in [2.75, 3.05) is 0 Å². The van der Waals surface area contributed by atoms with E-state index in [0.29, 0.717) is 22.1 Å². The number of benzene rings is 1. The van der Waals surface area contributed by atoms with E-state index < -0.39 is 11.3 Å². The van der Waals surface area contributed by atoms with Gasteiger partial charge in [-0.3, -0.25) is 9.59 Å². The number of hydrogen-bond acceptors (Lipinski definition) is 4. The number of rotatable bonds is 3. The first-order chi connectivity index (χ1) is 12.8. The number of ketones is 2. The van der Waals surface area contributed by atoms with Crippen LogP contribution in [0.5, 0.6) is 0 Å². The molecule has 1 saturated carbocycles. The average Bonchev–Trinajstić information content (AvgIpc) is 3.38. The highest BCUT2D eigenvalue weighted by atomic mass is 35.5. The molecule has 146 valence electrons. The number of aryl methyl sites for hydroxylation is 1. The molecule has 5 heteroatoms. The van der Waals surface area contributed by atoms with Crippen LogP contribution in [-0.4, -0.2) is 23.9 Å². The minimum Gasteiger partial charge on any atom is -0.391 e. The highest BCUT2D eigenvalue weighted by Crippen LogP contribution is 2.43. The number of carbonyl (C=O) groups excluding carboxylic acids is 2. The lowest BCUT2D eigenvalue weighted by atomic mass is 9.71. The largest absolute Gasteiger partial charge is 0.391 e. The summed E-state index contributed by atoms with van der Waals surface area (Å²) in [6.45, 7) is 9.84. The van der Waals surface area contributed by atoms with E-state index in [1.54, 1.807) is 6.21 Å². The molecule has 0 aromatic heterocycles. The van der Waals surface area contributed by atoms with E-state index in [1.807, 2.05) is 40.7 Å². The lowest BCUT2D eigenvalue weighted by molar-refractivity contribution is 0.0418. The molecule has 1 fully saturated rings. The van der Waals surface area contributed by atoms with Gasteiger partial charge in [0.2, 0.25) is 0 Å². The van der Waals surface area contributed by atoms with Crippen molar-refractivity contribution < 1.29 is 14.4 Å². The Kier molecular flexibility index (Phi) is 5.49. The van der Waals surface area contributed by atoms with Gasteiger partial charge in [-0.05, 0) is 55.7 Å². The molecule has 4 nitrogen and oxygen atoms in total. The Bertz CT molecular complexity index is 808. The van der Waals surface area contributed by atoms with E-state index >= 15 is 0 Å². The first-order valence-electron chi connectivity index (χ1n) is 9.91. The van der Waals surface area contributed by atoms with Gasteiger partial charge < -0.3 is 4.84 Å². The maximum Gasteiger partial charge on any atom is 0.176 e. The maximum absolute atomic E-state index is 13.1. The minimum atomic E-state index is -0.445. The quantitative estimate of drug-likeness (QED) is 0.648. The molecular weight excluding hydrogens is 362 g/mol. The Morgan fingerprint density at radius 3 is 2.59 bits per heavy atom. The zero-order chi connectivity index (χ0) is 19.9. The van der Waals surface area contributed by atoms with Gasteiger partial charge in [-0.2, -0.15) is 0 Å². The lowest BCUT2D eigenvalue weighted by Crippen LogP contribution is -2.33. The average molecular weight is 390 g/mol. The molecule has 1 aromatic carbocycles. The SMILES string of the molecule is CC.Cc1cc(C(=O)C2C=NOC2C2CC2)c(Cl)c2c1CCC(C)(C)C2=O. The molecule has 1 aromatic rings. The van der Waals surface area contributed by atoms with Crippen LogP contribution in [0.15, 0.2) is 11.2 Å². The molecule has 4 rings (SSSR count). The minimum absolute atomic E-state index is 0.0339. The summed E-state index contributed by atoms with van der Waals surface area (Å²) in [5.41, 5.74) is 2.47. The van der Waals surface area contributed by atoms with Crippen LogP contribution in [0.2, 0.25) is 5.02 Å². The monoisotopic (exact) mass is 389 g/mol. The molecular formula is C22H28ClNO3. The van der Waals surface area contributed by atoms with Gasteiger partial charge in [-0.15, -0.1) is 0 Å². The second kappa shape index (κ2) is 7.38. The van der Waals surface area contributed by atoms with E-state index in [0.717, 1.165) is 36.8 Å². The summed E-state index contributed by atoms with van der Waals surface area (Å²) in [5, 5.41) is 4.18. The molecule has 0 N–H and O–H groups in total. The molecule has 1 heterocycles. The predicted octanol–water partition coefficient (Wildman–Crippen LogP) is 5.42. The zero-order valence-electron chi connectivity index (χ0n) is 16.8. The highest BCUT2D eigenvalue weighted by Gasteiger charge is 2.45. The Morgan fingerprint density at radius 2 is 1.96 bits per heavy atom. The molecule has 2 aliphatic carbocycles. The first kappa shape index (κ1) is 20.1.